The van der Waals surface area contributed by atoms with Gasteiger partial charge in [0.05, 0.1) is 6.10 Å². The van der Waals surface area contributed by atoms with Crippen LogP contribution in [0.25, 0.3) is 0 Å². The summed E-state index contributed by atoms with van der Waals surface area (Å²) in [4.78, 5) is 11.0. The van der Waals surface area contributed by atoms with Crippen LogP contribution in [-0.2, 0) is 9.53 Å². The molecule has 0 bridgehead atoms. The molecular formula is C10H19NO3S. The summed E-state index contributed by atoms with van der Waals surface area (Å²) in [6.45, 7) is 4.55. The molecule has 0 amide bonds. The molecular weight excluding hydrogens is 214 g/mol. The number of carboxylic acids is 1. The van der Waals surface area contributed by atoms with Gasteiger partial charge in [0.25, 0.3) is 0 Å². The zero-order valence-electron chi connectivity index (χ0n) is 9.45. The molecule has 0 spiro atoms. The monoisotopic (exact) mass is 233 g/mol. The summed E-state index contributed by atoms with van der Waals surface area (Å²) in [6.07, 6.45) is 1.26. The molecule has 0 aromatic carbocycles. The minimum atomic E-state index is -0.840. The maximum absolute atomic E-state index is 11.0. The molecule has 3 atom stereocenters. The van der Waals surface area contributed by atoms with E-state index in [4.69, 9.17) is 9.84 Å². The predicted octanol–water partition coefficient (Wildman–Crippen LogP) is 0.960. The molecule has 1 saturated heterocycles. The van der Waals surface area contributed by atoms with Gasteiger partial charge in [0.1, 0.15) is 5.54 Å². The largest absolute Gasteiger partial charge is 0.480 e. The number of carbonyl (C=O) groups is 1. The SMILES string of the molecule is CNC(C)(CSC1CCOC1C)C(=O)O. The van der Waals surface area contributed by atoms with Gasteiger partial charge in [-0.15, -0.1) is 0 Å². The van der Waals surface area contributed by atoms with Crippen molar-refractivity contribution in [3.63, 3.8) is 0 Å². The van der Waals surface area contributed by atoms with E-state index in [1.165, 1.54) is 0 Å². The Morgan fingerprint density at radius 2 is 2.40 bits per heavy atom. The first-order valence-corrected chi connectivity index (χ1v) is 6.20. The highest BCUT2D eigenvalue weighted by molar-refractivity contribution is 8.00. The number of hydrogen-bond donors (Lipinski definition) is 2. The van der Waals surface area contributed by atoms with Crippen LogP contribution >= 0.6 is 11.8 Å². The van der Waals surface area contributed by atoms with Crippen molar-refractivity contribution in [2.45, 2.75) is 37.2 Å². The van der Waals surface area contributed by atoms with Crippen LogP contribution in [-0.4, -0.2) is 47.4 Å². The lowest BCUT2D eigenvalue weighted by atomic mass is 10.1. The third-order valence-corrected chi connectivity index (χ3v) is 4.71. The molecule has 1 rings (SSSR count). The Morgan fingerprint density at radius 1 is 1.73 bits per heavy atom. The van der Waals surface area contributed by atoms with E-state index in [-0.39, 0.29) is 6.10 Å². The second-order valence-electron chi connectivity index (χ2n) is 4.10. The summed E-state index contributed by atoms with van der Waals surface area (Å²) in [5.74, 6) is -0.235. The van der Waals surface area contributed by atoms with Gasteiger partial charge in [0.15, 0.2) is 0 Å². The summed E-state index contributed by atoms with van der Waals surface area (Å²) >= 11 is 1.68. The standard InChI is InChI=1S/C10H19NO3S/c1-7-8(4-5-14-7)15-6-10(2,11-3)9(12)13/h7-8,11H,4-6H2,1-3H3,(H,12,13). The second-order valence-corrected chi connectivity index (χ2v) is 5.33. The van der Waals surface area contributed by atoms with E-state index in [1.54, 1.807) is 25.7 Å². The lowest BCUT2D eigenvalue weighted by Crippen LogP contribution is -2.50. The summed E-state index contributed by atoms with van der Waals surface area (Å²) in [5.41, 5.74) is -0.840. The zero-order chi connectivity index (χ0) is 11.5. The maximum Gasteiger partial charge on any atom is 0.324 e. The molecule has 3 unspecified atom stereocenters. The van der Waals surface area contributed by atoms with Crippen LogP contribution in [0, 0.1) is 0 Å². The summed E-state index contributed by atoms with van der Waals surface area (Å²) < 4.78 is 5.44. The highest BCUT2D eigenvalue weighted by Gasteiger charge is 2.34. The first kappa shape index (κ1) is 12.8. The van der Waals surface area contributed by atoms with Crippen LogP contribution in [0.5, 0.6) is 0 Å². The number of thioether (sulfide) groups is 1. The van der Waals surface area contributed by atoms with E-state index in [1.807, 2.05) is 6.92 Å². The van der Waals surface area contributed by atoms with Crippen LogP contribution in [0.2, 0.25) is 0 Å². The van der Waals surface area contributed by atoms with Gasteiger partial charge in [0.2, 0.25) is 0 Å². The van der Waals surface area contributed by atoms with Gasteiger partial charge in [0, 0.05) is 17.6 Å². The maximum atomic E-state index is 11.0. The van der Waals surface area contributed by atoms with Gasteiger partial charge in [-0.2, -0.15) is 11.8 Å². The van der Waals surface area contributed by atoms with E-state index in [2.05, 4.69) is 5.32 Å². The summed E-state index contributed by atoms with van der Waals surface area (Å²) in [5, 5.41) is 12.3. The highest BCUT2D eigenvalue weighted by Crippen LogP contribution is 2.28. The molecule has 15 heavy (non-hydrogen) atoms. The van der Waals surface area contributed by atoms with Crippen molar-refractivity contribution in [3.8, 4) is 0 Å². The number of rotatable bonds is 5. The van der Waals surface area contributed by atoms with E-state index >= 15 is 0 Å². The molecule has 4 nitrogen and oxygen atoms in total. The van der Waals surface area contributed by atoms with Crippen LogP contribution in [0.1, 0.15) is 20.3 Å². The molecule has 1 fully saturated rings. The molecule has 0 radical (unpaired) electrons. The lowest BCUT2D eigenvalue weighted by molar-refractivity contribution is -0.142. The first-order chi connectivity index (χ1) is 6.99. The number of aliphatic carboxylic acids is 1. The topological polar surface area (TPSA) is 58.6 Å². The fourth-order valence-electron chi connectivity index (χ4n) is 1.45. The average Bonchev–Trinajstić information content (AvgIpc) is 2.60. The third kappa shape index (κ3) is 3.09. The predicted molar refractivity (Wildman–Crippen MR) is 61.4 cm³/mol. The molecule has 0 aliphatic carbocycles. The van der Waals surface area contributed by atoms with Crippen molar-refractivity contribution < 1.29 is 14.6 Å². The molecule has 0 aromatic heterocycles. The number of likely N-dealkylation sites (N-methyl/N-ethyl adjacent to an activating group) is 1. The van der Waals surface area contributed by atoms with Crippen molar-refractivity contribution in [1.29, 1.82) is 0 Å². The van der Waals surface area contributed by atoms with Crippen molar-refractivity contribution in [1.82, 2.24) is 5.32 Å². The molecule has 1 heterocycles. The minimum absolute atomic E-state index is 0.241. The van der Waals surface area contributed by atoms with Crippen LogP contribution in [0.3, 0.4) is 0 Å². The first-order valence-electron chi connectivity index (χ1n) is 5.15. The third-order valence-electron chi connectivity index (χ3n) is 2.92. The smallest absolute Gasteiger partial charge is 0.324 e. The highest BCUT2D eigenvalue weighted by atomic mass is 32.2. The van der Waals surface area contributed by atoms with Crippen molar-refractivity contribution >= 4 is 17.7 Å². The van der Waals surface area contributed by atoms with Gasteiger partial charge in [-0.25, -0.2) is 0 Å². The molecule has 88 valence electrons. The molecule has 0 aromatic rings. The van der Waals surface area contributed by atoms with Crippen molar-refractivity contribution in [2.24, 2.45) is 0 Å². The molecule has 1 aliphatic rings. The fraction of sp³-hybridized carbons (Fsp3) is 0.900. The number of carboxylic acid groups (broad SMARTS) is 1. The Kier molecular flexibility index (Phi) is 4.43. The summed E-state index contributed by atoms with van der Waals surface area (Å²) in [7, 11) is 1.68. The van der Waals surface area contributed by atoms with E-state index in [0.717, 1.165) is 13.0 Å². The molecule has 2 N–H and O–H groups in total. The zero-order valence-corrected chi connectivity index (χ0v) is 10.3. The average molecular weight is 233 g/mol. The second kappa shape index (κ2) is 5.18. The van der Waals surface area contributed by atoms with Crippen LogP contribution in [0.15, 0.2) is 0 Å². The van der Waals surface area contributed by atoms with Gasteiger partial charge < -0.3 is 15.2 Å². The number of nitrogens with one attached hydrogen (secondary N) is 1. The van der Waals surface area contributed by atoms with Gasteiger partial charge in [-0.1, -0.05) is 0 Å². The Morgan fingerprint density at radius 3 is 2.80 bits per heavy atom. The number of ether oxygens (including phenoxy) is 1. The Hall–Kier alpha value is -0.260. The van der Waals surface area contributed by atoms with Crippen molar-refractivity contribution in [2.75, 3.05) is 19.4 Å². The van der Waals surface area contributed by atoms with Crippen LogP contribution < -0.4 is 5.32 Å². The lowest BCUT2D eigenvalue weighted by Gasteiger charge is -2.25. The number of hydrogen-bond acceptors (Lipinski definition) is 4. The Labute approximate surface area is 94.8 Å². The Balaban J connectivity index is 2.43. The van der Waals surface area contributed by atoms with Gasteiger partial charge in [-0.3, -0.25) is 4.79 Å². The quantitative estimate of drug-likeness (QED) is 0.740. The molecule has 0 saturated carbocycles. The van der Waals surface area contributed by atoms with E-state index < -0.39 is 11.5 Å². The van der Waals surface area contributed by atoms with Crippen LogP contribution in [0.4, 0.5) is 0 Å². The Bertz CT molecular complexity index is 237. The normalized spacial score (nSPS) is 30.1. The molecule has 5 heteroatoms. The van der Waals surface area contributed by atoms with Crippen molar-refractivity contribution in [3.05, 3.63) is 0 Å². The summed E-state index contributed by atoms with van der Waals surface area (Å²) in [6, 6.07) is 0. The van der Waals surface area contributed by atoms with Gasteiger partial charge in [-0.05, 0) is 27.3 Å². The minimum Gasteiger partial charge on any atom is -0.480 e. The van der Waals surface area contributed by atoms with Gasteiger partial charge >= 0.3 is 5.97 Å². The fourth-order valence-corrected chi connectivity index (χ4v) is 2.87. The molecule has 1 aliphatic heterocycles. The van der Waals surface area contributed by atoms with E-state index in [0.29, 0.717) is 11.0 Å². The van der Waals surface area contributed by atoms with E-state index in [9.17, 15) is 4.79 Å².